The van der Waals surface area contributed by atoms with Gasteiger partial charge in [-0.2, -0.15) is 0 Å². The van der Waals surface area contributed by atoms with Gasteiger partial charge in [-0.15, -0.1) is 0 Å². The summed E-state index contributed by atoms with van der Waals surface area (Å²) in [6, 6.07) is 13.8. The second-order valence-electron chi connectivity index (χ2n) is 8.22. The quantitative estimate of drug-likeness (QED) is 0.687. The van der Waals surface area contributed by atoms with Gasteiger partial charge < -0.3 is 4.57 Å². The van der Waals surface area contributed by atoms with E-state index in [-0.39, 0.29) is 0 Å². The molecule has 3 fully saturated rings. The Kier molecular flexibility index (Phi) is 4.93. The second-order valence-corrected chi connectivity index (χ2v) is 8.22. The minimum atomic E-state index is 0.656. The third-order valence-corrected chi connectivity index (χ3v) is 6.16. The topological polar surface area (TPSA) is 37.2 Å². The molecule has 6 rings (SSSR count). The van der Waals surface area contributed by atoms with E-state index in [4.69, 9.17) is 0 Å². The Balaban J connectivity index is 1.25. The van der Waals surface area contributed by atoms with Crippen LogP contribution in [-0.2, 0) is 13.1 Å². The van der Waals surface area contributed by atoms with Gasteiger partial charge in [-0.1, -0.05) is 18.2 Å². The number of fused-ring (bicyclic) bond motifs is 4. The van der Waals surface area contributed by atoms with Gasteiger partial charge in [0.25, 0.3) is 0 Å². The first-order chi connectivity index (χ1) is 13.8. The molecule has 3 saturated heterocycles. The van der Waals surface area contributed by atoms with E-state index in [1.54, 1.807) is 0 Å². The molecule has 0 spiro atoms. The van der Waals surface area contributed by atoms with Crippen molar-refractivity contribution in [1.29, 1.82) is 0 Å². The predicted octanol–water partition coefficient (Wildman–Crippen LogP) is 3.36. The standard InChI is InChI=1S/C23H27N5/c1-2-20(12-24-9-1)13-26-14-21-5-8-23(17-26)28(16-21)15-19-3-6-22(7-4-19)27-11-10-25-18-27/h1-4,6-7,9-12,18,21,23H,5,8,13-17H2/t21-,23+/m1/s1. The van der Waals surface area contributed by atoms with E-state index in [0.29, 0.717) is 6.04 Å². The molecule has 1 aromatic carbocycles. The Labute approximate surface area is 166 Å². The molecule has 0 unspecified atom stereocenters. The van der Waals surface area contributed by atoms with Gasteiger partial charge in [0.1, 0.15) is 0 Å². The molecule has 0 radical (unpaired) electrons. The monoisotopic (exact) mass is 373 g/mol. The zero-order chi connectivity index (χ0) is 18.8. The first-order valence-corrected chi connectivity index (χ1v) is 10.3. The van der Waals surface area contributed by atoms with Gasteiger partial charge in [-0.05, 0) is 48.1 Å². The molecular weight excluding hydrogens is 346 g/mol. The number of nitrogens with zero attached hydrogens (tertiary/aromatic N) is 5. The minimum Gasteiger partial charge on any atom is -0.306 e. The molecule has 2 atom stereocenters. The number of benzene rings is 1. The molecule has 0 amide bonds. The van der Waals surface area contributed by atoms with Gasteiger partial charge in [0, 0.05) is 69.2 Å². The highest BCUT2D eigenvalue weighted by molar-refractivity contribution is 5.34. The number of aromatic nitrogens is 3. The van der Waals surface area contributed by atoms with Gasteiger partial charge in [0.05, 0.1) is 6.33 Å². The molecule has 5 heteroatoms. The molecule has 5 heterocycles. The van der Waals surface area contributed by atoms with Crippen molar-refractivity contribution in [3.8, 4) is 5.69 Å². The summed E-state index contributed by atoms with van der Waals surface area (Å²) < 4.78 is 2.05. The average Bonchev–Trinajstić information content (AvgIpc) is 3.13. The molecule has 0 N–H and O–H groups in total. The van der Waals surface area contributed by atoms with Gasteiger partial charge in [-0.3, -0.25) is 14.8 Å². The molecule has 144 valence electrons. The molecular formula is C23H27N5. The van der Waals surface area contributed by atoms with E-state index in [0.717, 1.165) is 19.0 Å². The maximum Gasteiger partial charge on any atom is 0.0991 e. The number of pyridine rings is 1. The summed E-state index contributed by atoms with van der Waals surface area (Å²) in [5, 5.41) is 0. The Morgan fingerprint density at radius 3 is 2.57 bits per heavy atom. The summed E-state index contributed by atoms with van der Waals surface area (Å²) in [5.41, 5.74) is 3.89. The van der Waals surface area contributed by atoms with Crippen LogP contribution >= 0.6 is 0 Å². The predicted molar refractivity (Wildman–Crippen MR) is 110 cm³/mol. The maximum absolute atomic E-state index is 4.28. The largest absolute Gasteiger partial charge is 0.306 e. The molecule has 2 aromatic heterocycles. The molecule has 2 bridgehead atoms. The number of imidazole rings is 1. The van der Waals surface area contributed by atoms with Crippen LogP contribution in [0.1, 0.15) is 24.0 Å². The molecule has 3 aromatic rings. The normalized spacial score (nSPS) is 23.0. The Morgan fingerprint density at radius 1 is 0.857 bits per heavy atom. The fourth-order valence-electron chi connectivity index (χ4n) is 4.77. The van der Waals surface area contributed by atoms with E-state index in [1.807, 2.05) is 41.7 Å². The van der Waals surface area contributed by atoms with E-state index >= 15 is 0 Å². The Hall–Kier alpha value is -2.50. The number of rotatable bonds is 5. The Morgan fingerprint density at radius 2 is 1.79 bits per heavy atom. The molecule has 5 nitrogen and oxygen atoms in total. The van der Waals surface area contributed by atoms with Crippen molar-refractivity contribution < 1.29 is 0 Å². The van der Waals surface area contributed by atoms with Crippen molar-refractivity contribution in [3.63, 3.8) is 0 Å². The van der Waals surface area contributed by atoms with Gasteiger partial charge in [0.15, 0.2) is 0 Å². The lowest BCUT2D eigenvalue weighted by Crippen LogP contribution is -2.43. The van der Waals surface area contributed by atoms with Gasteiger partial charge in [-0.25, -0.2) is 4.98 Å². The summed E-state index contributed by atoms with van der Waals surface area (Å²) in [7, 11) is 0. The zero-order valence-electron chi connectivity index (χ0n) is 16.2. The first-order valence-electron chi connectivity index (χ1n) is 10.3. The second kappa shape index (κ2) is 7.86. The van der Waals surface area contributed by atoms with Crippen LogP contribution < -0.4 is 0 Å². The number of piperidine rings is 1. The van der Waals surface area contributed by atoms with E-state index in [1.165, 1.54) is 49.3 Å². The summed E-state index contributed by atoms with van der Waals surface area (Å²) in [4.78, 5) is 13.8. The van der Waals surface area contributed by atoms with Crippen LogP contribution in [0.4, 0.5) is 0 Å². The molecule has 28 heavy (non-hydrogen) atoms. The number of hydrogen-bond acceptors (Lipinski definition) is 4. The third kappa shape index (κ3) is 3.86. The lowest BCUT2D eigenvalue weighted by atomic mass is 9.94. The highest BCUT2D eigenvalue weighted by Crippen LogP contribution is 2.30. The van der Waals surface area contributed by atoms with Crippen LogP contribution in [0.15, 0.2) is 67.5 Å². The summed E-state index contributed by atoms with van der Waals surface area (Å²) in [6.45, 7) is 5.66. The lowest BCUT2D eigenvalue weighted by molar-refractivity contribution is 0.123. The number of hydrogen-bond donors (Lipinski definition) is 0. The van der Waals surface area contributed by atoms with Gasteiger partial charge >= 0.3 is 0 Å². The minimum absolute atomic E-state index is 0.656. The highest BCUT2D eigenvalue weighted by atomic mass is 15.3. The summed E-state index contributed by atoms with van der Waals surface area (Å²) in [5.74, 6) is 0.778. The fraction of sp³-hybridized carbons (Fsp3) is 0.391. The summed E-state index contributed by atoms with van der Waals surface area (Å²) >= 11 is 0. The molecule has 3 aliphatic rings. The van der Waals surface area contributed by atoms with Crippen molar-refractivity contribution in [2.75, 3.05) is 19.6 Å². The van der Waals surface area contributed by atoms with Crippen LogP contribution in [0.5, 0.6) is 0 Å². The SMILES string of the molecule is c1cncc(CN2C[C@H]3CC[C@@H](C2)N(Cc2ccc(-n4ccnc4)cc2)C3)c1. The van der Waals surface area contributed by atoms with Crippen LogP contribution in [0.2, 0.25) is 0 Å². The van der Waals surface area contributed by atoms with Crippen LogP contribution in [-0.4, -0.2) is 50.0 Å². The molecule has 0 aliphatic carbocycles. The van der Waals surface area contributed by atoms with Crippen molar-refractivity contribution >= 4 is 0 Å². The van der Waals surface area contributed by atoms with Crippen molar-refractivity contribution in [3.05, 3.63) is 78.6 Å². The zero-order valence-corrected chi connectivity index (χ0v) is 16.2. The van der Waals surface area contributed by atoms with Crippen molar-refractivity contribution in [2.24, 2.45) is 5.92 Å². The third-order valence-electron chi connectivity index (χ3n) is 6.16. The summed E-state index contributed by atoms with van der Waals surface area (Å²) in [6.07, 6.45) is 12.2. The van der Waals surface area contributed by atoms with Gasteiger partial charge in [0.2, 0.25) is 0 Å². The van der Waals surface area contributed by atoms with E-state index in [9.17, 15) is 0 Å². The highest BCUT2D eigenvalue weighted by Gasteiger charge is 2.34. The maximum atomic E-state index is 4.28. The lowest BCUT2D eigenvalue weighted by Gasteiger charge is -2.36. The van der Waals surface area contributed by atoms with Crippen molar-refractivity contribution in [2.45, 2.75) is 32.0 Å². The van der Waals surface area contributed by atoms with Crippen LogP contribution in [0, 0.1) is 5.92 Å². The van der Waals surface area contributed by atoms with E-state index < -0.39 is 0 Å². The molecule has 3 aliphatic heterocycles. The average molecular weight is 374 g/mol. The smallest absolute Gasteiger partial charge is 0.0991 e. The molecule has 0 saturated carbocycles. The van der Waals surface area contributed by atoms with E-state index in [2.05, 4.69) is 50.1 Å². The first kappa shape index (κ1) is 17.6. The van der Waals surface area contributed by atoms with Crippen LogP contribution in [0.25, 0.3) is 5.69 Å². The van der Waals surface area contributed by atoms with Crippen LogP contribution in [0.3, 0.4) is 0 Å². The Bertz CT molecular complexity index is 875. The fourth-order valence-corrected chi connectivity index (χ4v) is 4.77. The van der Waals surface area contributed by atoms with Crippen molar-refractivity contribution in [1.82, 2.24) is 24.3 Å².